The molecule has 82 valence electrons. The van der Waals surface area contributed by atoms with Gasteiger partial charge in [0.05, 0.1) is 6.20 Å². The molecule has 0 fully saturated rings. The van der Waals surface area contributed by atoms with Gasteiger partial charge in [-0.25, -0.2) is 0 Å². The number of aromatic amines is 1. The van der Waals surface area contributed by atoms with Crippen LogP contribution in [0.25, 0.3) is 0 Å². The van der Waals surface area contributed by atoms with Gasteiger partial charge in [-0.05, 0) is 17.7 Å². The fourth-order valence-electron chi connectivity index (χ4n) is 1.63. The quantitative estimate of drug-likeness (QED) is 0.793. The Morgan fingerprint density at radius 1 is 1.50 bits per heavy atom. The van der Waals surface area contributed by atoms with Crippen LogP contribution in [0, 0.1) is 0 Å². The van der Waals surface area contributed by atoms with Gasteiger partial charge < -0.3 is 5.73 Å². The topological polar surface area (TPSA) is 84.7 Å². The van der Waals surface area contributed by atoms with Gasteiger partial charge in [0.15, 0.2) is 0 Å². The van der Waals surface area contributed by atoms with E-state index in [2.05, 4.69) is 15.2 Å². The van der Waals surface area contributed by atoms with Gasteiger partial charge in [-0.1, -0.05) is 6.07 Å². The van der Waals surface area contributed by atoms with Crippen molar-refractivity contribution in [3.8, 4) is 0 Å². The van der Waals surface area contributed by atoms with Crippen molar-refractivity contribution in [1.82, 2.24) is 15.2 Å². The van der Waals surface area contributed by atoms with E-state index in [0.717, 1.165) is 11.3 Å². The molecular weight excluding hydrogens is 204 g/mol. The number of carbonyl (C=O) groups excluding carboxylic acids is 1. The molecule has 2 aromatic heterocycles. The van der Waals surface area contributed by atoms with Crippen molar-refractivity contribution in [1.29, 1.82) is 0 Å². The van der Waals surface area contributed by atoms with E-state index >= 15 is 0 Å². The lowest BCUT2D eigenvalue weighted by atomic mass is 9.94. The minimum atomic E-state index is -0.350. The van der Waals surface area contributed by atoms with Crippen molar-refractivity contribution in [2.24, 2.45) is 5.73 Å². The Labute approximate surface area is 92.7 Å². The van der Waals surface area contributed by atoms with Crippen LogP contribution < -0.4 is 5.73 Å². The first-order valence-electron chi connectivity index (χ1n) is 4.95. The molecule has 0 aliphatic carbocycles. The van der Waals surface area contributed by atoms with Gasteiger partial charge in [-0.15, -0.1) is 0 Å². The van der Waals surface area contributed by atoms with Crippen molar-refractivity contribution in [3.05, 3.63) is 48.0 Å². The summed E-state index contributed by atoms with van der Waals surface area (Å²) in [5, 5.41) is 6.59. The van der Waals surface area contributed by atoms with E-state index < -0.39 is 0 Å². The van der Waals surface area contributed by atoms with Gasteiger partial charge in [0, 0.05) is 30.4 Å². The Bertz CT molecular complexity index is 452. The Morgan fingerprint density at radius 2 is 2.38 bits per heavy atom. The van der Waals surface area contributed by atoms with Gasteiger partial charge in [-0.3, -0.25) is 14.9 Å². The molecule has 2 heterocycles. The number of amides is 1. The summed E-state index contributed by atoms with van der Waals surface area (Å²) in [6.07, 6.45) is 5.37. The average Bonchev–Trinajstić information content (AvgIpc) is 2.80. The first kappa shape index (κ1) is 10.4. The number of pyridine rings is 1. The number of primary amides is 1. The molecule has 2 rings (SSSR count). The van der Waals surface area contributed by atoms with Crippen LogP contribution in [0.15, 0.2) is 36.8 Å². The highest BCUT2D eigenvalue weighted by Crippen LogP contribution is 2.24. The summed E-state index contributed by atoms with van der Waals surface area (Å²) in [4.78, 5) is 15.3. The van der Waals surface area contributed by atoms with Crippen molar-refractivity contribution in [2.75, 3.05) is 0 Å². The molecular formula is C11H12N4O. The third-order valence-corrected chi connectivity index (χ3v) is 2.37. The molecule has 0 aliphatic heterocycles. The number of nitrogens with two attached hydrogens (primary N) is 1. The lowest BCUT2D eigenvalue weighted by molar-refractivity contribution is -0.118. The third-order valence-electron chi connectivity index (χ3n) is 2.37. The summed E-state index contributed by atoms with van der Waals surface area (Å²) in [7, 11) is 0. The zero-order chi connectivity index (χ0) is 11.4. The van der Waals surface area contributed by atoms with E-state index in [9.17, 15) is 4.79 Å². The predicted molar refractivity (Wildman–Crippen MR) is 58.5 cm³/mol. The number of aromatic nitrogens is 3. The van der Waals surface area contributed by atoms with Crippen LogP contribution in [-0.2, 0) is 4.79 Å². The summed E-state index contributed by atoms with van der Waals surface area (Å²) < 4.78 is 0. The Hall–Kier alpha value is -2.17. The lowest BCUT2D eigenvalue weighted by Crippen LogP contribution is -2.16. The predicted octanol–water partition coefficient (Wildman–Crippen LogP) is 0.812. The van der Waals surface area contributed by atoms with Gasteiger partial charge >= 0.3 is 0 Å². The third kappa shape index (κ3) is 2.25. The van der Waals surface area contributed by atoms with E-state index in [-0.39, 0.29) is 18.2 Å². The summed E-state index contributed by atoms with van der Waals surface area (Å²) in [6.45, 7) is 0. The van der Waals surface area contributed by atoms with Gasteiger partial charge in [0.25, 0.3) is 0 Å². The first-order chi connectivity index (χ1) is 7.77. The Morgan fingerprint density at radius 3 is 2.94 bits per heavy atom. The fourth-order valence-corrected chi connectivity index (χ4v) is 1.63. The molecule has 0 saturated carbocycles. The number of nitrogens with one attached hydrogen (secondary N) is 1. The smallest absolute Gasteiger partial charge is 0.218 e. The molecule has 5 heteroatoms. The summed E-state index contributed by atoms with van der Waals surface area (Å²) >= 11 is 0. The summed E-state index contributed by atoms with van der Waals surface area (Å²) in [5.74, 6) is -0.477. The zero-order valence-electron chi connectivity index (χ0n) is 8.63. The molecule has 2 aromatic rings. The molecule has 0 aliphatic rings. The van der Waals surface area contributed by atoms with Crippen LogP contribution >= 0.6 is 0 Å². The number of H-pyrrole nitrogens is 1. The van der Waals surface area contributed by atoms with E-state index in [1.807, 2.05) is 18.2 Å². The molecule has 0 radical (unpaired) electrons. The van der Waals surface area contributed by atoms with E-state index in [4.69, 9.17) is 5.73 Å². The van der Waals surface area contributed by atoms with Crippen molar-refractivity contribution >= 4 is 5.91 Å². The summed E-state index contributed by atoms with van der Waals surface area (Å²) in [5.41, 5.74) is 6.98. The molecule has 0 aromatic carbocycles. The molecule has 0 bridgehead atoms. The largest absolute Gasteiger partial charge is 0.370 e. The van der Waals surface area contributed by atoms with Crippen LogP contribution in [0.5, 0.6) is 0 Å². The van der Waals surface area contributed by atoms with Crippen LogP contribution in [0.2, 0.25) is 0 Å². The van der Waals surface area contributed by atoms with Gasteiger partial charge in [0.2, 0.25) is 5.91 Å². The number of carbonyl (C=O) groups is 1. The monoisotopic (exact) mass is 216 g/mol. The fraction of sp³-hybridized carbons (Fsp3) is 0.182. The molecule has 1 unspecified atom stereocenters. The molecule has 16 heavy (non-hydrogen) atoms. The van der Waals surface area contributed by atoms with Crippen LogP contribution in [0.4, 0.5) is 0 Å². The average molecular weight is 216 g/mol. The highest BCUT2D eigenvalue weighted by atomic mass is 16.1. The van der Waals surface area contributed by atoms with E-state index in [1.54, 1.807) is 18.6 Å². The maximum atomic E-state index is 11.0. The van der Waals surface area contributed by atoms with Crippen LogP contribution in [0.3, 0.4) is 0 Å². The van der Waals surface area contributed by atoms with Crippen molar-refractivity contribution in [2.45, 2.75) is 12.3 Å². The minimum Gasteiger partial charge on any atom is -0.370 e. The lowest BCUT2D eigenvalue weighted by Gasteiger charge is -2.12. The van der Waals surface area contributed by atoms with E-state index in [1.165, 1.54) is 0 Å². The SMILES string of the molecule is NC(=O)CC(c1cn[nH]c1)c1ccccn1. The second kappa shape index (κ2) is 4.57. The number of nitrogens with zero attached hydrogens (tertiary/aromatic N) is 2. The van der Waals surface area contributed by atoms with Crippen LogP contribution in [0.1, 0.15) is 23.6 Å². The van der Waals surface area contributed by atoms with E-state index in [0.29, 0.717) is 0 Å². The van der Waals surface area contributed by atoms with Crippen LogP contribution in [-0.4, -0.2) is 21.1 Å². The molecule has 3 N–H and O–H groups in total. The maximum Gasteiger partial charge on any atom is 0.218 e. The van der Waals surface area contributed by atoms with Crippen molar-refractivity contribution < 1.29 is 4.79 Å². The first-order valence-corrected chi connectivity index (χ1v) is 4.95. The molecule has 5 nitrogen and oxygen atoms in total. The zero-order valence-corrected chi connectivity index (χ0v) is 8.63. The highest BCUT2D eigenvalue weighted by molar-refractivity contribution is 5.75. The molecule has 0 saturated heterocycles. The standard InChI is InChI=1S/C11H12N4O/c12-11(16)5-9(8-6-14-15-7-8)10-3-1-2-4-13-10/h1-4,6-7,9H,5H2,(H2,12,16)(H,14,15). The van der Waals surface area contributed by atoms with Crippen molar-refractivity contribution in [3.63, 3.8) is 0 Å². The van der Waals surface area contributed by atoms with Gasteiger partial charge in [-0.2, -0.15) is 5.10 Å². The Balaban J connectivity index is 2.32. The normalized spacial score (nSPS) is 12.2. The Kier molecular flexibility index (Phi) is 2.95. The number of hydrogen-bond acceptors (Lipinski definition) is 3. The molecule has 1 amide bonds. The van der Waals surface area contributed by atoms with Gasteiger partial charge in [0.1, 0.15) is 0 Å². The number of hydrogen-bond donors (Lipinski definition) is 2. The minimum absolute atomic E-state index is 0.127. The highest BCUT2D eigenvalue weighted by Gasteiger charge is 2.18. The second-order valence-corrected chi connectivity index (χ2v) is 3.51. The maximum absolute atomic E-state index is 11.0. The summed E-state index contributed by atoms with van der Waals surface area (Å²) in [6, 6.07) is 5.59. The molecule has 0 spiro atoms. The molecule has 1 atom stereocenters. The number of rotatable bonds is 4. The second-order valence-electron chi connectivity index (χ2n) is 3.51.